The number of carbonyl (C=O) groups is 1. The lowest BCUT2D eigenvalue weighted by Crippen LogP contribution is -2.28. The molecule has 4 aromatic heterocycles. The molecule has 0 saturated heterocycles. The van der Waals surface area contributed by atoms with Gasteiger partial charge in [-0.3, -0.25) is 10.3 Å². The van der Waals surface area contributed by atoms with Crippen LogP contribution in [0, 0.1) is 19.8 Å². The largest absolute Gasteiger partial charge is 0.361 e. The number of fused-ring (bicyclic) bond motifs is 1. The number of amides is 2. The van der Waals surface area contributed by atoms with Gasteiger partial charge in [0.2, 0.25) is 5.92 Å². The number of aromatic nitrogens is 4. The number of carbonyl (C=O) groups excluding carboxylic acids is 1. The van der Waals surface area contributed by atoms with Gasteiger partial charge < -0.3 is 14.4 Å². The van der Waals surface area contributed by atoms with E-state index < -0.39 is 5.92 Å². The van der Waals surface area contributed by atoms with Crippen LogP contribution in [-0.4, -0.2) is 38.2 Å². The van der Waals surface area contributed by atoms with E-state index in [0.29, 0.717) is 37.5 Å². The van der Waals surface area contributed by atoms with Gasteiger partial charge in [-0.15, -0.1) is 0 Å². The molecular weight excluding hydrogens is 478 g/mol. The molecule has 1 saturated carbocycles. The van der Waals surface area contributed by atoms with Crippen LogP contribution in [-0.2, 0) is 6.54 Å². The number of hydrogen-bond donors (Lipinski definition) is 2. The predicted octanol–water partition coefficient (Wildman–Crippen LogP) is 6.34. The fourth-order valence-electron chi connectivity index (χ4n) is 5.07. The molecule has 194 valence electrons. The molecule has 1 aliphatic rings. The van der Waals surface area contributed by atoms with Gasteiger partial charge in [-0.05, 0) is 57.7 Å². The van der Waals surface area contributed by atoms with Gasteiger partial charge in [0.05, 0.1) is 16.7 Å². The number of alkyl halides is 2. The summed E-state index contributed by atoms with van der Waals surface area (Å²) in [5, 5.41) is 9.45. The van der Waals surface area contributed by atoms with Gasteiger partial charge in [0.15, 0.2) is 0 Å². The lowest BCUT2D eigenvalue weighted by Gasteiger charge is -2.28. The van der Waals surface area contributed by atoms with Crippen molar-refractivity contribution in [1.29, 1.82) is 0 Å². The number of anilines is 1. The van der Waals surface area contributed by atoms with Crippen LogP contribution in [0.15, 0.2) is 41.3 Å². The Morgan fingerprint density at radius 3 is 2.57 bits per heavy atom. The fourth-order valence-corrected chi connectivity index (χ4v) is 5.07. The molecule has 0 atom stereocenters. The summed E-state index contributed by atoms with van der Waals surface area (Å²) in [5.74, 6) is -1.25. The topological polar surface area (TPSA) is 97.9 Å². The summed E-state index contributed by atoms with van der Waals surface area (Å²) < 4.78 is 35.0. The molecule has 4 heterocycles. The Hall–Kier alpha value is -3.82. The number of nitrogens with one attached hydrogen (secondary N) is 2. The Morgan fingerprint density at radius 2 is 1.92 bits per heavy atom. The van der Waals surface area contributed by atoms with E-state index in [1.165, 1.54) is 0 Å². The van der Waals surface area contributed by atoms with Crippen molar-refractivity contribution in [1.82, 2.24) is 25.0 Å². The first-order valence-electron chi connectivity index (χ1n) is 12.6. The van der Waals surface area contributed by atoms with Crippen molar-refractivity contribution < 1.29 is 18.1 Å². The minimum atomic E-state index is -2.56. The van der Waals surface area contributed by atoms with Crippen LogP contribution >= 0.6 is 0 Å². The van der Waals surface area contributed by atoms with Crippen LogP contribution in [0.4, 0.5) is 19.4 Å². The summed E-state index contributed by atoms with van der Waals surface area (Å²) >= 11 is 0. The first kappa shape index (κ1) is 24.9. The first-order valence-corrected chi connectivity index (χ1v) is 12.6. The average Bonchev–Trinajstić information content (AvgIpc) is 3.39. The third kappa shape index (κ3) is 5.19. The zero-order valence-electron chi connectivity index (χ0n) is 21.1. The quantitative estimate of drug-likeness (QED) is 0.317. The van der Waals surface area contributed by atoms with Crippen molar-refractivity contribution in [3.05, 3.63) is 48.2 Å². The molecule has 0 aromatic carbocycles. The third-order valence-corrected chi connectivity index (χ3v) is 6.98. The average molecular weight is 509 g/mol. The number of rotatable bonds is 6. The van der Waals surface area contributed by atoms with Crippen LogP contribution in [0.25, 0.3) is 33.3 Å². The molecule has 8 nitrogen and oxygen atoms in total. The Morgan fingerprint density at radius 1 is 1.16 bits per heavy atom. The SMILES string of the molecule is CCNC(=O)Nc1ccc(-c2cn(CC3CCC(F)(F)CC3)c3cc(-c4c(C)noc4C)cnc23)cn1. The Kier molecular flexibility index (Phi) is 6.66. The van der Waals surface area contributed by atoms with Crippen molar-refractivity contribution in [3.8, 4) is 22.3 Å². The summed E-state index contributed by atoms with van der Waals surface area (Å²) in [5.41, 5.74) is 6.02. The normalized spacial score (nSPS) is 15.7. The van der Waals surface area contributed by atoms with E-state index in [9.17, 15) is 13.6 Å². The Labute approximate surface area is 213 Å². The summed E-state index contributed by atoms with van der Waals surface area (Å²) in [6.45, 7) is 6.75. The molecule has 0 bridgehead atoms. The standard InChI is InChI=1S/C27H30F2N6O2/c1-4-30-26(36)33-23-6-5-19(12-31-23)21-15-35(14-18-7-9-27(28,29)10-8-18)22-11-20(13-32-25(21)22)24-16(2)34-37-17(24)3/h5-6,11-13,15,18H,4,7-10,14H2,1-3H3,(H2,30,31,33,36). The van der Waals surface area contributed by atoms with Crippen molar-refractivity contribution in [2.75, 3.05) is 11.9 Å². The van der Waals surface area contributed by atoms with E-state index in [1.54, 1.807) is 12.3 Å². The molecule has 2 amide bonds. The van der Waals surface area contributed by atoms with Crippen molar-refractivity contribution >= 4 is 22.9 Å². The molecule has 37 heavy (non-hydrogen) atoms. The van der Waals surface area contributed by atoms with Crippen molar-refractivity contribution in [3.63, 3.8) is 0 Å². The maximum Gasteiger partial charge on any atom is 0.320 e. The molecule has 10 heteroatoms. The summed E-state index contributed by atoms with van der Waals surface area (Å²) in [6.07, 6.45) is 6.36. The van der Waals surface area contributed by atoms with Crippen LogP contribution < -0.4 is 10.6 Å². The Balaban J connectivity index is 1.52. The third-order valence-electron chi connectivity index (χ3n) is 6.98. The molecule has 0 aliphatic heterocycles. The second kappa shape index (κ2) is 9.91. The van der Waals surface area contributed by atoms with E-state index in [0.717, 1.165) is 39.0 Å². The van der Waals surface area contributed by atoms with Gasteiger partial charge in [-0.1, -0.05) is 5.16 Å². The highest BCUT2D eigenvalue weighted by Gasteiger charge is 2.35. The zero-order chi connectivity index (χ0) is 26.2. The molecular formula is C27H30F2N6O2. The lowest BCUT2D eigenvalue weighted by atomic mass is 9.87. The van der Waals surface area contributed by atoms with Crippen LogP contribution in [0.2, 0.25) is 0 Å². The number of pyridine rings is 2. The number of urea groups is 1. The number of halogens is 2. The molecule has 4 aromatic rings. The van der Waals surface area contributed by atoms with Gasteiger partial charge in [0.1, 0.15) is 11.6 Å². The predicted molar refractivity (Wildman–Crippen MR) is 138 cm³/mol. The molecule has 0 radical (unpaired) electrons. The van der Waals surface area contributed by atoms with Crippen molar-refractivity contribution in [2.24, 2.45) is 5.92 Å². The van der Waals surface area contributed by atoms with E-state index in [1.807, 2.05) is 39.2 Å². The number of hydrogen-bond acceptors (Lipinski definition) is 5. The monoisotopic (exact) mass is 508 g/mol. The maximum absolute atomic E-state index is 13.8. The highest BCUT2D eigenvalue weighted by Crippen LogP contribution is 2.39. The minimum absolute atomic E-state index is 0.0731. The minimum Gasteiger partial charge on any atom is -0.361 e. The van der Waals surface area contributed by atoms with Gasteiger partial charge >= 0.3 is 6.03 Å². The summed E-state index contributed by atoms with van der Waals surface area (Å²) in [7, 11) is 0. The lowest BCUT2D eigenvalue weighted by molar-refractivity contribution is -0.0472. The highest BCUT2D eigenvalue weighted by molar-refractivity contribution is 5.95. The molecule has 1 fully saturated rings. The molecule has 2 N–H and O–H groups in total. The summed E-state index contributed by atoms with van der Waals surface area (Å²) in [4.78, 5) is 21.0. The fraction of sp³-hybridized carbons (Fsp3) is 0.407. The van der Waals surface area contributed by atoms with Gasteiger partial charge in [0.25, 0.3) is 0 Å². The molecule has 5 rings (SSSR count). The van der Waals surface area contributed by atoms with E-state index in [-0.39, 0.29) is 24.8 Å². The zero-order valence-corrected chi connectivity index (χ0v) is 21.1. The second-order valence-electron chi connectivity index (χ2n) is 9.70. The van der Waals surface area contributed by atoms with Crippen LogP contribution in [0.5, 0.6) is 0 Å². The van der Waals surface area contributed by atoms with E-state index in [2.05, 4.69) is 31.4 Å². The van der Waals surface area contributed by atoms with Gasteiger partial charge in [0, 0.05) is 66.8 Å². The first-order chi connectivity index (χ1) is 17.7. The molecule has 1 aliphatic carbocycles. The number of aryl methyl sites for hydroxylation is 2. The van der Waals surface area contributed by atoms with E-state index >= 15 is 0 Å². The van der Waals surface area contributed by atoms with E-state index in [4.69, 9.17) is 9.51 Å². The van der Waals surface area contributed by atoms with Gasteiger partial charge in [-0.25, -0.2) is 18.6 Å². The molecule has 0 spiro atoms. The molecule has 0 unspecified atom stereocenters. The van der Waals surface area contributed by atoms with Crippen LogP contribution in [0.3, 0.4) is 0 Å². The smallest absolute Gasteiger partial charge is 0.320 e. The van der Waals surface area contributed by atoms with Gasteiger partial charge in [-0.2, -0.15) is 0 Å². The highest BCUT2D eigenvalue weighted by atomic mass is 19.3. The number of nitrogens with zero attached hydrogens (tertiary/aromatic N) is 4. The van der Waals surface area contributed by atoms with Crippen molar-refractivity contribution in [2.45, 2.75) is 58.9 Å². The van der Waals surface area contributed by atoms with Crippen LogP contribution in [0.1, 0.15) is 44.1 Å². The second-order valence-corrected chi connectivity index (χ2v) is 9.70. The Bertz CT molecular complexity index is 1400. The summed E-state index contributed by atoms with van der Waals surface area (Å²) in [6, 6.07) is 5.38. The maximum atomic E-state index is 13.8.